The van der Waals surface area contributed by atoms with Crippen LogP contribution in [0.2, 0.25) is 5.02 Å². The number of aromatic nitrogens is 7. The Balaban J connectivity index is 1.29. The third-order valence-electron chi connectivity index (χ3n) is 6.95. The first-order valence-corrected chi connectivity index (χ1v) is 13.4. The minimum Gasteiger partial charge on any atom is -0.450 e. The van der Waals surface area contributed by atoms with Crippen molar-refractivity contribution in [2.45, 2.75) is 19.1 Å². The summed E-state index contributed by atoms with van der Waals surface area (Å²) >= 11 is 6.67. The van der Waals surface area contributed by atoms with Gasteiger partial charge in [0, 0.05) is 51.8 Å². The molecule has 6 heterocycles. The van der Waals surface area contributed by atoms with Crippen molar-refractivity contribution in [3.05, 3.63) is 64.2 Å². The number of pyridine rings is 2. The lowest BCUT2D eigenvalue weighted by Gasteiger charge is -2.26. The van der Waals surface area contributed by atoms with Gasteiger partial charge in [-0.2, -0.15) is 23.3 Å². The molecule has 5 aromatic rings. The van der Waals surface area contributed by atoms with Gasteiger partial charge in [0.15, 0.2) is 17.1 Å². The van der Waals surface area contributed by atoms with E-state index < -0.39 is 17.3 Å². The van der Waals surface area contributed by atoms with E-state index in [1.807, 2.05) is 0 Å². The molecule has 0 saturated carbocycles. The Morgan fingerprint density at radius 3 is 2.74 bits per heavy atom. The van der Waals surface area contributed by atoms with Crippen LogP contribution in [0, 0.1) is 0 Å². The van der Waals surface area contributed by atoms with Gasteiger partial charge in [0.2, 0.25) is 5.95 Å². The number of ether oxygens (including phenoxy) is 2. The number of fused-ring (bicyclic) bond motifs is 2. The molecule has 1 aliphatic heterocycles. The molecule has 0 radical (unpaired) electrons. The van der Waals surface area contributed by atoms with Crippen molar-refractivity contribution in [3.8, 4) is 11.5 Å². The van der Waals surface area contributed by atoms with Crippen LogP contribution < -0.4 is 15.6 Å². The molecule has 1 N–H and O–H groups in total. The first-order chi connectivity index (χ1) is 20.2. The predicted molar refractivity (Wildman–Crippen MR) is 147 cm³/mol. The number of alkyl halides is 3. The molecule has 6 rings (SSSR count). The zero-order valence-corrected chi connectivity index (χ0v) is 23.1. The number of nitrogens with one attached hydrogen (secondary N) is 1. The number of imidazole rings is 1. The highest BCUT2D eigenvalue weighted by molar-refractivity contribution is 6.36. The summed E-state index contributed by atoms with van der Waals surface area (Å²) in [6.07, 6.45) is 4.40. The van der Waals surface area contributed by atoms with Crippen molar-refractivity contribution in [2.75, 3.05) is 38.2 Å². The molecule has 1 aliphatic rings. The summed E-state index contributed by atoms with van der Waals surface area (Å²) in [6, 6.07) is 0.781. The maximum Gasteiger partial charge on any atom is 0.417 e. The van der Waals surface area contributed by atoms with Crippen LogP contribution in [0.25, 0.3) is 16.7 Å². The van der Waals surface area contributed by atoms with Gasteiger partial charge in [-0.3, -0.25) is 14.7 Å². The van der Waals surface area contributed by atoms with Gasteiger partial charge in [-0.1, -0.05) is 11.6 Å². The molecule has 0 spiro atoms. The fraction of sp³-hybridized carbons (Fsp3) is 0.346. The van der Waals surface area contributed by atoms with Crippen molar-refractivity contribution < 1.29 is 22.6 Å². The molecule has 42 heavy (non-hydrogen) atoms. The number of aryl methyl sites for hydroxylation is 2. The monoisotopic (exact) mass is 603 g/mol. The average molecular weight is 604 g/mol. The molecule has 0 bridgehead atoms. The lowest BCUT2D eigenvalue weighted by Crippen LogP contribution is -2.37. The molecule has 0 aliphatic carbocycles. The SMILES string of the molecule is Cn1c(Nc2cc(C(F)(F)F)cn(CCCN3CCOCC3)c2=O)nc2ncc(Oc3cnn4ccncc34)c(Cl)c21. The van der Waals surface area contributed by atoms with Gasteiger partial charge in [0.05, 0.1) is 37.4 Å². The summed E-state index contributed by atoms with van der Waals surface area (Å²) in [5.74, 6) is 0.678. The van der Waals surface area contributed by atoms with Crippen LogP contribution in [-0.2, 0) is 24.5 Å². The van der Waals surface area contributed by atoms with E-state index in [4.69, 9.17) is 21.1 Å². The molecule has 0 aromatic carbocycles. The van der Waals surface area contributed by atoms with Gasteiger partial charge < -0.3 is 23.9 Å². The smallest absolute Gasteiger partial charge is 0.417 e. The largest absolute Gasteiger partial charge is 0.450 e. The quantitative estimate of drug-likeness (QED) is 0.280. The van der Waals surface area contributed by atoms with E-state index in [1.165, 1.54) is 17.0 Å². The fourth-order valence-electron chi connectivity index (χ4n) is 4.76. The van der Waals surface area contributed by atoms with Crippen molar-refractivity contribution in [1.29, 1.82) is 0 Å². The van der Waals surface area contributed by atoms with Crippen LogP contribution in [0.3, 0.4) is 0 Å². The average Bonchev–Trinajstić information content (AvgIpc) is 3.52. The second-order valence-corrected chi connectivity index (χ2v) is 10.1. The van der Waals surface area contributed by atoms with Crippen LogP contribution in [0.15, 0.2) is 48.0 Å². The molecule has 0 atom stereocenters. The van der Waals surface area contributed by atoms with E-state index in [1.54, 1.807) is 30.2 Å². The van der Waals surface area contributed by atoms with Crippen LogP contribution >= 0.6 is 11.6 Å². The van der Waals surface area contributed by atoms with Crippen LogP contribution in [0.5, 0.6) is 11.5 Å². The normalized spacial score (nSPS) is 14.6. The lowest BCUT2D eigenvalue weighted by atomic mass is 10.2. The summed E-state index contributed by atoms with van der Waals surface area (Å²) in [6.45, 7) is 3.47. The fourth-order valence-corrected chi connectivity index (χ4v) is 5.06. The Labute approximate surface area is 241 Å². The zero-order chi connectivity index (χ0) is 29.4. The number of hydrogen-bond acceptors (Lipinski definition) is 9. The molecule has 5 aromatic heterocycles. The Morgan fingerprint density at radius 2 is 1.95 bits per heavy atom. The predicted octanol–water partition coefficient (Wildman–Crippen LogP) is 4.10. The number of nitrogens with zero attached hydrogens (tertiary/aromatic N) is 8. The maximum atomic E-state index is 13.8. The molecule has 220 valence electrons. The molecule has 1 saturated heterocycles. The molecule has 12 nitrogen and oxygen atoms in total. The van der Waals surface area contributed by atoms with Gasteiger partial charge in [-0.25, -0.2) is 9.50 Å². The Bertz CT molecular complexity index is 1810. The zero-order valence-electron chi connectivity index (χ0n) is 22.3. The van der Waals surface area contributed by atoms with E-state index >= 15 is 0 Å². The van der Waals surface area contributed by atoms with Crippen molar-refractivity contribution in [3.63, 3.8) is 0 Å². The number of hydrogen-bond donors (Lipinski definition) is 1. The van der Waals surface area contributed by atoms with Crippen molar-refractivity contribution in [2.24, 2.45) is 7.05 Å². The van der Waals surface area contributed by atoms with Crippen molar-refractivity contribution >= 4 is 39.9 Å². The second-order valence-electron chi connectivity index (χ2n) is 9.69. The highest BCUT2D eigenvalue weighted by Crippen LogP contribution is 2.37. The molecular weight excluding hydrogens is 579 g/mol. The van der Waals surface area contributed by atoms with Gasteiger partial charge in [-0.05, 0) is 12.5 Å². The molecule has 16 heteroatoms. The maximum absolute atomic E-state index is 13.8. The van der Waals surface area contributed by atoms with E-state index in [0.29, 0.717) is 43.0 Å². The number of halogens is 4. The number of morpholine rings is 1. The Kier molecular flexibility index (Phi) is 7.47. The minimum atomic E-state index is -4.66. The summed E-state index contributed by atoms with van der Waals surface area (Å²) in [5, 5.41) is 7.13. The van der Waals surface area contributed by atoms with E-state index in [0.717, 1.165) is 29.9 Å². The van der Waals surface area contributed by atoms with Crippen LogP contribution in [0.4, 0.5) is 24.8 Å². The first kappa shape index (κ1) is 27.9. The molecule has 0 amide bonds. The standard InChI is InChI=1S/C26H25ClF3N9O3/c1-36-22-21(27)20(42-19-14-33-39-6-3-31-12-18(19)39)13-32-23(22)35-25(36)34-17-11-16(26(28,29)30)15-38(24(17)40)5-2-4-37-7-9-41-10-8-37/h3,6,11-15H,2,4-5,7-10H2,1H3,(H,32,34,35). The summed E-state index contributed by atoms with van der Waals surface area (Å²) < 4.78 is 56.8. The topological polar surface area (TPSA) is 117 Å². The summed E-state index contributed by atoms with van der Waals surface area (Å²) in [4.78, 5) is 28.2. The number of anilines is 2. The third-order valence-corrected chi connectivity index (χ3v) is 7.32. The summed E-state index contributed by atoms with van der Waals surface area (Å²) in [5.41, 5.74) is -0.681. The lowest BCUT2D eigenvalue weighted by molar-refractivity contribution is -0.138. The number of rotatable bonds is 8. The summed E-state index contributed by atoms with van der Waals surface area (Å²) in [7, 11) is 1.60. The first-order valence-electron chi connectivity index (χ1n) is 13.0. The van der Waals surface area contributed by atoms with Gasteiger partial charge in [0.1, 0.15) is 21.7 Å². The highest BCUT2D eigenvalue weighted by atomic mass is 35.5. The molecular formula is C26H25ClF3N9O3. The molecule has 0 unspecified atom stereocenters. The van der Waals surface area contributed by atoms with Gasteiger partial charge in [0.25, 0.3) is 5.56 Å². The van der Waals surface area contributed by atoms with Crippen LogP contribution in [-0.4, -0.2) is 71.4 Å². The van der Waals surface area contributed by atoms with Gasteiger partial charge >= 0.3 is 6.18 Å². The Hall–Kier alpha value is -4.21. The minimum absolute atomic E-state index is 0.0769. The van der Waals surface area contributed by atoms with Crippen molar-refractivity contribution in [1.82, 2.24) is 38.6 Å². The van der Waals surface area contributed by atoms with E-state index in [9.17, 15) is 18.0 Å². The van der Waals surface area contributed by atoms with E-state index in [2.05, 4.69) is 30.3 Å². The Morgan fingerprint density at radius 1 is 1.14 bits per heavy atom. The van der Waals surface area contributed by atoms with E-state index in [-0.39, 0.29) is 34.6 Å². The van der Waals surface area contributed by atoms with Crippen LogP contribution in [0.1, 0.15) is 12.0 Å². The third kappa shape index (κ3) is 5.49. The molecule has 1 fully saturated rings. The highest BCUT2D eigenvalue weighted by Gasteiger charge is 2.32. The second kappa shape index (κ2) is 11.2. The van der Waals surface area contributed by atoms with Gasteiger partial charge in [-0.15, -0.1) is 0 Å².